The fraction of sp³-hybridized carbons (Fsp3) is 0.562. The predicted octanol–water partition coefficient (Wildman–Crippen LogP) is 1.96. The maximum Gasteiger partial charge on any atom is 0.407 e. The number of alkyl carbamates (subject to hydrolysis) is 1. The van der Waals surface area contributed by atoms with E-state index in [2.05, 4.69) is 10.6 Å². The van der Waals surface area contributed by atoms with Crippen LogP contribution >= 0.6 is 0 Å². The zero-order valence-electron chi connectivity index (χ0n) is 14.2. The van der Waals surface area contributed by atoms with Crippen molar-refractivity contribution in [2.75, 3.05) is 30.7 Å². The predicted molar refractivity (Wildman–Crippen MR) is 90.8 cm³/mol. The first-order valence-electron chi connectivity index (χ1n) is 7.58. The van der Waals surface area contributed by atoms with Gasteiger partial charge in [0, 0.05) is 12.6 Å². The summed E-state index contributed by atoms with van der Waals surface area (Å²) in [5.74, 6) is 0.623. The standard InChI is InChI=1S/C16H27N3O4/c1-11(20)10-19-14-9-12(5-6-13(14)17)22-8-7-18-15(21)23-16(2,3)4/h5-6,9,11,19-20H,7-8,10,17H2,1-4H3,(H,18,21). The van der Waals surface area contributed by atoms with E-state index >= 15 is 0 Å². The second-order valence-corrected chi connectivity index (χ2v) is 6.26. The van der Waals surface area contributed by atoms with Gasteiger partial charge in [-0.05, 0) is 39.8 Å². The van der Waals surface area contributed by atoms with Gasteiger partial charge in [0.05, 0.1) is 24.0 Å². The van der Waals surface area contributed by atoms with Gasteiger partial charge in [0.1, 0.15) is 18.0 Å². The van der Waals surface area contributed by atoms with Crippen molar-refractivity contribution in [2.24, 2.45) is 0 Å². The highest BCUT2D eigenvalue weighted by Gasteiger charge is 2.15. The molecule has 23 heavy (non-hydrogen) atoms. The molecule has 0 aliphatic carbocycles. The molecule has 0 saturated carbocycles. The molecule has 0 spiro atoms. The Balaban J connectivity index is 2.40. The van der Waals surface area contributed by atoms with Gasteiger partial charge in [-0.25, -0.2) is 4.79 Å². The molecule has 1 atom stereocenters. The molecular weight excluding hydrogens is 298 g/mol. The van der Waals surface area contributed by atoms with Crippen LogP contribution in [0.2, 0.25) is 0 Å². The molecule has 1 aromatic rings. The van der Waals surface area contributed by atoms with Gasteiger partial charge in [-0.3, -0.25) is 0 Å². The number of hydrogen-bond donors (Lipinski definition) is 4. The van der Waals surface area contributed by atoms with Crippen LogP contribution in [0.1, 0.15) is 27.7 Å². The molecule has 0 aliphatic rings. The number of benzene rings is 1. The molecular formula is C16H27N3O4. The second-order valence-electron chi connectivity index (χ2n) is 6.26. The van der Waals surface area contributed by atoms with E-state index in [0.717, 1.165) is 0 Å². The van der Waals surface area contributed by atoms with Crippen LogP contribution in [0.15, 0.2) is 18.2 Å². The van der Waals surface area contributed by atoms with Gasteiger partial charge in [-0.15, -0.1) is 0 Å². The number of nitrogens with two attached hydrogens (primary N) is 1. The van der Waals surface area contributed by atoms with E-state index in [0.29, 0.717) is 36.8 Å². The SMILES string of the molecule is CC(O)CNc1cc(OCCNC(=O)OC(C)(C)C)ccc1N. The van der Waals surface area contributed by atoms with Gasteiger partial charge in [0.25, 0.3) is 0 Å². The quantitative estimate of drug-likeness (QED) is 0.451. The first kappa shape index (κ1) is 18.9. The summed E-state index contributed by atoms with van der Waals surface area (Å²) in [5, 5.41) is 15.0. The number of carbonyl (C=O) groups excluding carboxylic acids is 1. The Labute approximate surface area is 137 Å². The summed E-state index contributed by atoms with van der Waals surface area (Å²) in [6.07, 6.45) is -0.949. The number of nitrogen functional groups attached to an aromatic ring is 1. The van der Waals surface area contributed by atoms with E-state index in [9.17, 15) is 9.90 Å². The van der Waals surface area contributed by atoms with E-state index in [-0.39, 0.29) is 0 Å². The highest BCUT2D eigenvalue weighted by Crippen LogP contribution is 2.24. The summed E-state index contributed by atoms with van der Waals surface area (Å²) in [4.78, 5) is 11.5. The lowest BCUT2D eigenvalue weighted by Gasteiger charge is -2.19. The summed E-state index contributed by atoms with van der Waals surface area (Å²) in [6.45, 7) is 8.13. The van der Waals surface area contributed by atoms with Crippen molar-refractivity contribution in [3.63, 3.8) is 0 Å². The fourth-order valence-corrected chi connectivity index (χ4v) is 1.67. The maximum atomic E-state index is 11.5. The summed E-state index contributed by atoms with van der Waals surface area (Å²) in [5.41, 5.74) is 6.61. The molecule has 7 heteroatoms. The van der Waals surface area contributed by atoms with Crippen LogP contribution in [-0.4, -0.2) is 42.6 Å². The van der Waals surface area contributed by atoms with Crippen molar-refractivity contribution in [1.82, 2.24) is 5.32 Å². The lowest BCUT2D eigenvalue weighted by atomic mass is 10.2. The third-order valence-electron chi connectivity index (χ3n) is 2.65. The van der Waals surface area contributed by atoms with Crippen molar-refractivity contribution >= 4 is 17.5 Å². The molecule has 0 aromatic heterocycles. The molecule has 130 valence electrons. The highest BCUT2D eigenvalue weighted by molar-refractivity contribution is 5.68. The molecule has 5 N–H and O–H groups in total. The van der Waals surface area contributed by atoms with Gasteiger partial charge in [-0.1, -0.05) is 0 Å². The van der Waals surface area contributed by atoms with Crippen LogP contribution in [-0.2, 0) is 4.74 Å². The number of aliphatic hydroxyl groups is 1. The fourth-order valence-electron chi connectivity index (χ4n) is 1.67. The zero-order valence-corrected chi connectivity index (χ0v) is 14.2. The molecule has 0 heterocycles. The lowest BCUT2D eigenvalue weighted by molar-refractivity contribution is 0.0520. The van der Waals surface area contributed by atoms with E-state index in [1.54, 1.807) is 45.9 Å². The Morgan fingerprint density at radius 2 is 2.09 bits per heavy atom. The molecule has 7 nitrogen and oxygen atoms in total. The van der Waals surface area contributed by atoms with Crippen LogP contribution in [0.5, 0.6) is 5.75 Å². The summed E-state index contributed by atoms with van der Waals surface area (Å²) >= 11 is 0. The first-order chi connectivity index (χ1) is 10.7. The monoisotopic (exact) mass is 325 g/mol. The number of carbonyl (C=O) groups is 1. The van der Waals surface area contributed by atoms with E-state index in [1.807, 2.05) is 0 Å². The van der Waals surface area contributed by atoms with E-state index < -0.39 is 17.8 Å². The Kier molecular flexibility index (Phi) is 6.96. The molecule has 1 aromatic carbocycles. The number of ether oxygens (including phenoxy) is 2. The van der Waals surface area contributed by atoms with E-state index in [1.165, 1.54) is 0 Å². The van der Waals surface area contributed by atoms with Gasteiger partial charge in [-0.2, -0.15) is 0 Å². The molecule has 0 saturated heterocycles. The van der Waals surface area contributed by atoms with Crippen LogP contribution in [0.3, 0.4) is 0 Å². The largest absolute Gasteiger partial charge is 0.492 e. The van der Waals surface area contributed by atoms with Crippen molar-refractivity contribution in [1.29, 1.82) is 0 Å². The number of aliphatic hydroxyl groups excluding tert-OH is 1. The molecule has 0 radical (unpaired) electrons. The third-order valence-corrected chi connectivity index (χ3v) is 2.65. The number of nitrogens with one attached hydrogen (secondary N) is 2. The normalized spacial score (nSPS) is 12.4. The number of hydrogen-bond acceptors (Lipinski definition) is 6. The molecule has 0 fully saturated rings. The minimum Gasteiger partial charge on any atom is -0.492 e. The maximum absolute atomic E-state index is 11.5. The summed E-state index contributed by atoms with van der Waals surface area (Å²) in [6, 6.07) is 5.22. The second kappa shape index (κ2) is 8.47. The Morgan fingerprint density at radius 3 is 2.70 bits per heavy atom. The molecule has 1 amide bonds. The molecule has 0 bridgehead atoms. The minimum absolute atomic E-state index is 0.305. The molecule has 1 rings (SSSR count). The van der Waals surface area contributed by atoms with Crippen molar-refractivity contribution in [3.05, 3.63) is 18.2 Å². The van der Waals surface area contributed by atoms with Crippen LogP contribution in [0.4, 0.5) is 16.2 Å². The smallest absolute Gasteiger partial charge is 0.407 e. The van der Waals surface area contributed by atoms with Crippen molar-refractivity contribution < 1.29 is 19.4 Å². The Hall–Kier alpha value is -2.15. The summed E-state index contributed by atoms with van der Waals surface area (Å²) in [7, 11) is 0. The third kappa shape index (κ3) is 8.15. The van der Waals surface area contributed by atoms with Gasteiger partial charge in [0.15, 0.2) is 0 Å². The van der Waals surface area contributed by atoms with Crippen LogP contribution in [0.25, 0.3) is 0 Å². The molecule has 0 aliphatic heterocycles. The van der Waals surface area contributed by atoms with Crippen molar-refractivity contribution in [3.8, 4) is 5.75 Å². The number of rotatable bonds is 7. The lowest BCUT2D eigenvalue weighted by Crippen LogP contribution is -2.34. The van der Waals surface area contributed by atoms with Gasteiger partial charge < -0.3 is 30.9 Å². The van der Waals surface area contributed by atoms with E-state index in [4.69, 9.17) is 15.2 Å². The topological polar surface area (TPSA) is 106 Å². The van der Waals surface area contributed by atoms with Crippen molar-refractivity contribution in [2.45, 2.75) is 39.4 Å². The minimum atomic E-state index is -0.522. The molecule has 1 unspecified atom stereocenters. The Bertz CT molecular complexity index is 513. The van der Waals surface area contributed by atoms with Crippen LogP contribution < -0.4 is 21.1 Å². The number of amides is 1. The Morgan fingerprint density at radius 1 is 1.39 bits per heavy atom. The van der Waals surface area contributed by atoms with Crippen LogP contribution in [0, 0.1) is 0 Å². The van der Waals surface area contributed by atoms with Gasteiger partial charge >= 0.3 is 6.09 Å². The van der Waals surface area contributed by atoms with Gasteiger partial charge in [0.2, 0.25) is 0 Å². The number of anilines is 2. The zero-order chi connectivity index (χ0) is 17.5. The highest BCUT2D eigenvalue weighted by atomic mass is 16.6. The first-order valence-corrected chi connectivity index (χ1v) is 7.58. The average Bonchev–Trinajstić information content (AvgIpc) is 2.41. The summed E-state index contributed by atoms with van der Waals surface area (Å²) < 4.78 is 10.7. The average molecular weight is 325 g/mol.